The van der Waals surface area contributed by atoms with E-state index >= 15 is 0 Å². The van der Waals surface area contributed by atoms with Crippen LogP contribution in [0.3, 0.4) is 0 Å². The summed E-state index contributed by atoms with van der Waals surface area (Å²) in [7, 11) is 0. The molecule has 7 nitrogen and oxygen atoms in total. The lowest BCUT2D eigenvalue weighted by Crippen LogP contribution is -2.46. The molecule has 194 valence electrons. The lowest BCUT2D eigenvalue weighted by atomic mass is 9.99. The molecule has 1 aliphatic rings. The van der Waals surface area contributed by atoms with Gasteiger partial charge in [0.2, 0.25) is 6.41 Å². The number of benzene rings is 3. The number of carbonyl (C=O) groups is 2. The molecule has 7 heteroatoms. The summed E-state index contributed by atoms with van der Waals surface area (Å²) in [6.07, 6.45) is 1.61. The van der Waals surface area contributed by atoms with E-state index in [2.05, 4.69) is 10.2 Å². The Hall–Kier alpha value is -4.23. The third-order valence-corrected chi connectivity index (χ3v) is 7.27. The van der Waals surface area contributed by atoms with Crippen molar-refractivity contribution in [2.75, 3.05) is 26.2 Å². The average Bonchev–Trinajstić information content (AvgIpc) is 2.97. The van der Waals surface area contributed by atoms with Crippen LogP contribution in [-0.2, 0) is 11.3 Å². The molecule has 2 amide bonds. The molecule has 0 bridgehead atoms. The van der Waals surface area contributed by atoms with Crippen molar-refractivity contribution < 1.29 is 9.59 Å². The molecule has 0 saturated carbocycles. The van der Waals surface area contributed by atoms with Gasteiger partial charge in [0.25, 0.3) is 11.5 Å². The smallest absolute Gasteiger partial charge is 0.263 e. The lowest BCUT2D eigenvalue weighted by molar-refractivity contribution is -0.119. The summed E-state index contributed by atoms with van der Waals surface area (Å²) >= 11 is 0. The molecule has 1 atom stereocenters. The zero-order valence-electron chi connectivity index (χ0n) is 21.5. The molecule has 4 aromatic rings. The van der Waals surface area contributed by atoms with Crippen LogP contribution in [0.4, 0.5) is 0 Å². The van der Waals surface area contributed by atoms with E-state index in [4.69, 9.17) is 0 Å². The zero-order chi connectivity index (χ0) is 26.5. The summed E-state index contributed by atoms with van der Waals surface area (Å²) in [6.45, 7) is 5.01. The van der Waals surface area contributed by atoms with E-state index in [0.717, 1.165) is 18.4 Å². The number of nitrogens with zero attached hydrogens (tertiary/aromatic N) is 3. The Balaban J connectivity index is 1.67. The first-order valence-corrected chi connectivity index (χ1v) is 13.1. The van der Waals surface area contributed by atoms with Gasteiger partial charge in [0.15, 0.2) is 0 Å². The zero-order valence-corrected chi connectivity index (χ0v) is 21.5. The lowest BCUT2D eigenvalue weighted by Gasteiger charge is -2.33. The Bertz CT molecular complexity index is 1480. The third-order valence-electron chi connectivity index (χ3n) is 7.27. The minimum atomic E-state index is -0.205. The van der Waals surface area contributed by atoms with Crippen molar-refractivity contribution in [3.63, 3.8) is 0 Å². The molecule has 5 rings (SSSR count). The van der Waals surface area contributed by atoms with Crippen LogP contribution in [-0.4, -0.2) is 52.9 Å². The van der Waals surface area contributed by atoms with Crippen molar-refractivity contribution in [2.45, 2.75) is 25.9 Å². The van der Waals surface area contributed by atoms with Gasteiger partial charge < -0.3 is 10.2 Å². The third kappa shape index (κ3) is 5.10. The molecule has 1 fully saturated rings. The van der Waals surface area contributed by atoms with Gasteiger partial charge in [0, 0.05) is 49.2 Å². The number of amides is 2. The Morgan fingerprint density at radius 2 is 1.47 bits per heavy atom. The van der Waals surface area contributed by atoms with Gasteiger partial charge in [-0.25, -0.2) is 0 Å². The number of piperazine rings is 1. The van der Waals surface area contributed by atoms with Crippen LogP contribution in [0.15, 0.2) is 89.7 Å². The van der Waals surface area contributed by atoms with Crippen molar-refractivity contribution in [1.82, 2.24) is 19.7 Å². The topological polar surface area (TPSA) is 74.7 Å². The van der Waals surface area contributed by atoms with Crippen molar-refractivity contribution in [3.05, 3.63) is 112 Å². The molecular formula is C31H32N4O3. The summed E-state index contributed by atoms with van der Waals surface area (Å²) in [5.74, 6) is -0.205. The maximum atomic E-state index is 14.2. The summed E-state index contributed by atoms with van der Waals surface area (Å²) < 4.78 is 1.69. The van der Waals surface area contributed by atoms with E-state index in [1.165, 1.54) is 0 Å². The highest BCUT2D eigenvalue weighted by atomic mass is 16.2. The molecule has 1 N–H and O–H groups in total. The van der Waals surface area contributed by atoms with Crippen LogP contribution in [0.25, 0.3) is 16.5 Å². The van der Waals surface area contributed by atoms with Crippen LogP contribution in [0.1, 0.15) is 41.0 Å². The van der Waals surface area contributed by atoms with Crippen LogP contribution in [0, 0.1) is 0 Å². The summed E-state index contributed by atoms with van der Waals surface area (Å²) in [4.78, 5) is 43.3. The van der Waals surface area contributed by atoms with Gasteiger partial charge in [-0.2, -0.15) is 0 Å². The molecule has 0 radical (unpaired) electrons. The highest BCUT2D eigenvalue weighted by Crippen LogP contribution is 2.26. The number of rotatable bonds is 8. The van der Waals surface area contributed by atoms with Gasteiger partial charge in [0.05, 0.1) is 17.3 Å². The number of fused-ring (bicyclic) bond motifs is 1. The van der Waals surface area contributed by atoms with Gasteiger partial charge in [0.1, 0.15) is 0 Å². The first-order chi connectivity index (χ1) is 18.6. The standard InChI is InChI=1S/C31H32N4O3/c1-2-27(23-11-5-3-6-12-23)32-30(37)29-25-15-9-10-16-26(25)31(38)35(24-13-7-4-8-14-24)28(29)21-33-17-19-34(22-36)20-18-33/h3-16,22,27H,2,17-21H2,1H3,(H,32,37)/t27-/m0/s1. The van der Waals surface area contributed by atoms with Gasteiger partial charge in [-0.15, -0.1) is 0 Å². The van der Waals surface area contributed by atoms with Crippen molar-refractivity contribution in [2.24, 2.45) is 0 Å². The van der Waals surface area contributed by atoms with Crippen LogP contribution >= 0.6 is 0 Å². The first-order valence-electron chi connectivity index (χ1n) is 13.1. The summed E-state index contributed by atoms with van der Waals surface area (Å²) in [5.41, 5.74) is 2.76. The predicted octanol–water partition coefficient (Wildman–Crippen LogP) is 4.15. The SMILES string of the molecule is CC[C@H](NC(=O)c1c(CN2CCN(C=O)CC2)n(-c2ccccc2)c(=O)c2ccccc12)c1ccccc1. The Morgan fingerprint density at radius 3 is 2.11 bits per heavy atom. The summed E-state index contributed by atoms with van der Waals surface area (Å²) in [6, 6.07) is 26.6. The quantitative estimate of drug-likeness (QED) is 0.363. The molecule has 2 heterocycles. The van der Waals surface area contributed by atoms with Crippen LogP contribution in [0.2, 0.25) is 0 Å². The van der Waals surface area contributed by atoms with E-state index in [-0.39, 0.29) is 17.5 Å². The van der Waals surface area contributed by atoms with Crippen LogP contribution in [0.5, 0.6) is 0 Å². The number of pyridine rings is 1. The fourth-order valence-electron chi connectivity index (χ4n) is 5.23. The van der Waals surface area contributed by atoms with E-state index < -0.39 is 0 Å². The largest absolute Gasteiger partial charge is 0.345 e. The average molecular weight is 509 g/mol. The van der Waals surface area contributed by atoms with E-state index in [1.54, 1.807) is 15.5 Å². The van der Waals surface area contributed by atoms with Crippen molar-refractivity contribution in [3.8, 4) is 5.69 Å². The fraction of sp³-hybridized carbons (Fsp3) is 0.258. The summed E-state index contributed by atoms with van der Waals surface area (Å²) in [5, 5.41) is 4.40. The molecular weight excluding hydrogens is 476 g/mol. The molecule has 0 spiro atoms. The normalized spacial score (nSPS) is 14.8. The second-order valence-corrected chi connectivity index (χ2v) is 9.61. The Morgan fingerprint density at radius 1 is 0.868 bits per heavy atom. The first kappa shape index (κ1) is 25.4. The van der Waals surface area contributed by atoms with E-state index in [9.17, 15) is 14.4 Å². The number of aromatic nitrogens is 1. The molecule has 0 aliphatic carbocycles. The highest BCUT2D eigenvalue weighted by Gasteiger charge is 2.27. The monoisotopic (exact) mass is 508 g/mol. The number of para-hydroxylation sites is 1. The number of nitrogens with one attached hydrogen (secondary N) is 1. The fourth-order valence-corrected chi connectivity index (χ4v) is 5.23. The minimum absolute atomic E-state index is 0.153. The van der Waals surface area contributed by atoms with Gasteiger partial charge >= 0.3 is 0 Å². The molecule has 0 unspecified atom stereocenters. The maximum absolute atomic E-state index is 14.2. The maximum Gasteiger partial charge on any atom is 0.263 e. The van der Waals surface area contributed by atoms with E-state index in [1.807, 2.05) is 85.8 Å². The molecule has 1 aliphatic heterocycles. The van der Waals surface area contributed by atoms with Crippen molar-refractivity contribution >= 4 is 23.1 Å². The van der Waals surface area contributed by atoms with Gasteiger partial charge in [-0.05, 0) is 30.2 Å². The number of hydrogen-bond acceptors (Lipinski definition) is 4. The molecule has 1 aromatic heterocycles. The molecule has 38 heavy (non-hydrogen) atoms. The van der Waals surface area contributed by atoms with E-state index in [0.29, 0.717) is 60.4 Å². The van der Waals surface area contributed by atoms with Crippen molar-refractivity contribution in [1.29, 1.82) is 0 Å². The Kier molecular flexibility index (Phi) is 7.65. The second kappa shape index (κ2) is 11.4. The minimum Gasteiger partial charge on any atom is -0.345 e. The Labute approximate surface area is 222 Å². The second-order valence-electron chi connectivity index (χ2n) is 9.61. The number of hydrogen-bond donors (Lipinski definition) is 1. The van der Waals surface area contributed by atoms with Crippen LogP contribution < -0.4 is 10.9 Å². The highest BCUT2D eigenvalue weighted by molar-refractivity contribution is 6.08. The number of carbonyl (C=O) groups excluding carboxylic acids is 2. The molecule has 3 aromatic carbocycles. The molecule has 1 saturated heterocycles. The predicted molar refractivity (Wildman–Crippen MR) is 149 cm³/mol. The van der Waals surface area contributed by atoms with Gasteiger partial charge in [-0.1, -0.05) is 73.7 Å². The van der Waals surface area contributed by atoms with Gasteiger partial charge in [-0.3, -0.25) is 23.9 Å².